The van der Waals surface area contributed by atoms with E-state index < -0.39 is 53.8 Å². The number of methoxy groups -OCH3 is 1. The van der Waals surface area contributed by atoms with Crippen LogP contribution >= 0.6 is 0 Å². The van der Waals surface area contributed by atoms with Gasteiger partial charge in [0.2, 0.25) is 0 Å². The molecule has 56 heavy (non-hydrogen) atoms. The maximum absolute atomic E-state index is 14.0. The van der Waals surface area contributed by atoms with Crippen molar-refractivity contribution in [2.24, 2.45) is 5.92 Å². The summed E-state index contributed by atoms with van der Waals surface area (Å²) in [6.07, 6.45) is 1.61. The number of amides is 2. The van der Waals surface area contributed by atoms with Gasteiger partial charge in [-0.1, -0.05) is 34.6 Å². The number of likely N-dealkylation sites (tertiary alicyclic amines) is 2. The number of hydrogen-bond donors (Lipinski definition) is 0. The second-order valence-corrected chi connectivity index (χ2v) is 21.0. The van der Waals surface area contributed by atoms with Crippen molar-refractivity contribution in [1.82, 2.24) is 9.80 Å². The Morgan fingerprint density at radius 1 is 0.857 bits per heavy atom. The molecule has 4 atom stereocenters. The molecule has 0 N–H and O–H groups in total. The van der Waals surface area contributed by atoms with Crippen LogP contribution < -0.4 is 14.2 Å². The number of esters is 1. The summed E-state index contributed by atoms with van der Waals surface area (Å²) in [7, 11) is -0.826. The van der Waals surface area contributed by atoms with Crippen molar-refractivity contribution in [3.8, 4) is 17.2 Å². The molecule has 0 aliphatic carbocycles. The molecule has 2 heterocycles. The number of nitro benzene ring substituents is 2. The lowest BCUT2D eigenvalue weighted by Crippen LogP contribution is -2.46. The van der Waals surface area contributed by atoms with E-state index in [2.05, 4.69) is 33.9 Å². The lowest BCUT2D eigenvalue weighted by atomic mass is 10.1. The van der Waals surface area contributed by atoms with Crippen molar-refractivity contribution in [3.63, 3.8) is 0 Å². The van der Waals surface area contributed by atoms with E-state index in [9.17, 15) is 34.6 Å². The van der Waals surface area contributed by atoms with Crippen molar-refractivity contribution >= 4 is 37.5 Å². The SMILES string of the molecule is CC[C@@H]1C[C@@H](C)CN1C(=O)c1cc(OC)c(OCCCOc2cc([N+](=O)[O-])c(C(=O)N3C[C@H](OC(C)=O)C[C@H]3CO[Si](C)(C)C(C)(C)C)cc2C)cc1[N+](=O)[O-]. The van der Waals surface area contributed by atoms with Crippen LogP contribution in [0.3, 0.4) is 0 Å². The highest BCUT2D eigenvalue weighted by atomic mass is 28.4. The highest BCUT2D eigenvalue weighted by molar-refractivity contribution is 6.74. The van der Waals surface area contributed by atoms with Crippen LogP contribution in [0.25, 0.3) is 0 Å². The van der Waals surface area contributed by atoms with Gasteiger partial charge < -0.3 is 33.2 Å². The third kappa shape index (κ3) is 10.1. The first-order valence-electron chi connectivity index (χ1n) is 19.0. The van der Waals surface area contributed by atoms with E-state index in [1.54, 1.807) is 11.8 Å². The largest absolute Gasteiger partial charge is 0.493 e. The molecule has 0 bridgehead atoms. The number of aryl methyl sites for hydroxylation is 1. The van der Waals surface area contributed by atoms with Crippen LogP contribution in [0.4, 0.5) is 11.4 Å². The number of carbonyl (C=O) groups excluding carboxylic acids is 3. The molecule has 0 radical (unpaired) electrons. The van der Waals surface area contributed by atoms with E-state index in [-0.39, 0.29) is 83.8 Å². The first-order valence-corrected chi connectivity index (χ1v) is 21.9. The number of nitrogens with zero attached hydrogens (tertiary/aromatic N) is 4. The van der Waals surface area contributed by atoms with E-state index in [0.717, 1.165) is 12.8 Å². The number of ether oxygens (including phenoxy) is 4. The van der Waals surface area contributed by atoms with Gasteiger partial charge in [0.15, 0.2) is 19.8 Å². The average molecular weight is 801 g/mol. The molecule has 17 heteroatoms. The Kier molecular flexibility index (Phi) is 14.1. The van der Waals surface area contributed by atoms with Gasteiger partial charge in [0.25, 0.3) is 23.2 Å². The molecule has 0 saturated carbocycles. The van der Waals surface area contributed by atoms with E-state index in [1.807, 2.05) is 13.8 Å². The fourth-order valence-electron chi connectivity index (χ4n) is 6.94. The molecular weight excluding hydrogens is 745 g/mol. The zero-order chi connectivity index (χ0) is 41.7. The highest BCUT2D eigenvalue weighted by Gasteiger charge is 2.43. The van der Waals surface area contributed by atoms with Crippen LogP contribution in [0.1, 0.15) is 93.5 Å². The predicted octanol–water partition coefficient (Wildman–Crippen LogP) is 7.10. The topological polar surface area (TPSA) is 190 Å². The van der Waals surface area contributed by atoms with Crippen LogP contribution in [0, 0.1) is 33.1 Å². The van der Waals surface area contributed by atoms with Crippen LogP contribution in [-0.2, 0) is 14.0 Å². The van der Waals surface area contributed by atoms with Crippen molar-refractivity contribution < 1.29 is 47.6 Å². The van der Waals surface area contributed by atoms with Crippen LogP contribution in [-0.4, -0.2) is 104 Å². The van der Waals surface area contributed by atoms with Gasteiger partial charge in [-0.3, -0.25) is 34.6 Å². The lowest BCUT2D eigenvalue weighted by molar-refractivity contribution is -0.385. The summed E-state index contributed by atoms with van der Waals surface area (Å²) >= 11 is 0. The van der Waals surface area contributed by atoms with Gasteiger partial charge >= 0.3 is 5.97 Å². The fourth-order valence-corrected chi connectivity index (χ4v) is 7.98. The molecule has 0 aromatic heterocycles. The molecule has 0 spiro atoms. The van der Waals surface area contributed by atoms with Crippen LogP contribution in [0.2, 0.25) is 18.1 Å². The van der Waals surface area contributed by atoms with E-state index in [0.29, 0.717) is 18.5 Å². The fraction of sp³-hybridized carbons (Fsp3) is 0.615. The molecule has 16 nitrogen and oxygen atoms in total. The Bertz CT molecular complexity index is 1810. The normalized spacial score (nSPS) is 19.8. The molecule has 2 aliphatic heterocycles. The zero-order valence-corrected chi connectivity index (χ0v) is 35.2. The smallest absolute Gasteiger partial charge is 0.302 e. The minimum atomic E-state index is -2.21. The molecular formula is C39H56N4O12Si. The quantitative estimate of drug-likeness (QED) is 0.0551. The molecule has 4 rings (SSSR count). The second-order valence-electron chi connectivity index (χ2n) is 16.2. The summed E-state index contributed by atoms with van der Waals surface area (Å²) in [4.78, 5) is 65.6. The Balaban J connectivity index is 1.46. The van der Waals surface area contributed by atoms with Gasteiger partial charge in [-0.05, 0) is 55.4 Å². The molecule has 2 fully saturated rings. The van der Waals surface area contributed by atoms with E-state index in [1.165, 1.54) is 43.2 Å². The van der Waals surface area contributed by atoms with E-state index in [4.69, 9.17) is 23.4 Å². The highest BCUT2D eigenvalue weighted by Crippen LogP contribution is 2.39. The summed E-state index contributed by atoms with van der Waals surface area (Å²) in [5.41, 5.74) is -0.534. The molecule has 2 aromatic rings. The van der Waals surface area contributed by atoms with Gasteiger partial charge in [-0.15, -0.1) is 0 Å². The van der Waals surface area contributed by atoms with Crippen molar-refractivity contribution in [1.29, 1.82) is 0 Å². The summed E-state index contributed by atoms with van der Waals surface area (Å²) in [6, 6.07) is 4.71. The van der Waals surface area contributed by atoms with Crippen LogP contribution in [0.5, 0.6) is 17.2 Å². The summed E-state index contributed by atoms with van der Waals surface area (Å²) < 4.78 is 29.1. The lowest BCUT2D eigenvalue weighted by Gasteiger charge is -2.38. The van der Waals surface area contributed by atoms with Crippen LogP contribution in [0.15, 0.2) is 24.3 Å². The van der Waals surface area contributed by atoms with Gasteiger partial charge in [0, 0.05) is 38.4 Å². The number of nitro groups is 2. The molecule has 2 aliphatic rings. The van der Waals surface area contributed by atoms with E-state index >= 15 is 0 Å². The monoisotopic (exact) mass is 800 g/mol. The second kappa shape index (κ2) is 18.0. The standard InChI is InChI=1S/C39H56N4O12Si/c1-11-27-15-24(2)21-40(27)38(46)31-18-35(51-8)36(20-33(31)43(49)50)53-14-12-13-52-34-19-32(42(47)48)30(16-25(34)3)37(45)41-22-29(55-26(4)44)17-28(41)23-54-56(9,10)39(5,6)7/h16,18-20,24,27-29H,11-15,17,21-23H2,1-10H3/t24-,27-,28+,29-/m1/s1. The Morgan fingerprint density at radius 3 is 1.95 bits per heavy atom. The number of carbonyl (C=O) groups is 3. The Hall–Kier alpha value is -4.77. The van der Waals surface area contributed by atoms with Gasteiger partial charge in [-0.25, -0.2) is 0 Å². The van der Waals surface area contributed by atoms with Gasteiger partial charge in [0.1, 0.15) is 23.0 Å². The summed E-state index contributed by atoms with van der Waals surface area (Å²) in [6.45, 7) is 18.4. The minimum absolute atomic E-state index is 0.00259. The molecule has 2 amide bonds. The Morgan fingerprint density at radius 2 is 1.41 bits per heavy atom. The van der Waals surface area contributed by atoms with Crippen molar-refractivity contribution in [3.05, 3.63) is 61.2 Å². The number of benzene rings is 2. The molecule has 308 valence electrons. The summed E-state index contributed by atoms with van der Waals surface area (Å²) in [5, 5.41) is 24.3. The first kappa shape index (κ1) is 43.9. The summed E-state index contributed by atoms with van der Waals surface area (Å²) in [5.74, 6) is -0.753. The van der Waals surface area contributed by atoms with Gasteiger partial charge in [0.05, 0.1) is 61.5 Å². The predicted molar refractivity (Wildman–Crippen MR) is 210 cm³/mol. The maximum atomic E-state index is 14.0. The number of hydrogen-bond acceptors (Lipinski definition) is 12. The number of rotatable bonds is 16. The van der Waals surface area contributed by atoms with Gasteiger partial charge in [-0.2, -0.15) is 0 Å². The average Bonchev–Trinajstić information content (AvgIpc) is 3.71. The molecule has 2 aromatic carbocycles. The maximum Gasteiger partial charge on any atom is 0.302 e. The Labute approximate surface area is 329 Å². The molecule has 0 unspecified atom stereocenters. The minimum Gasteiger partial charge on any atom is -0.493 e. The van der Waals surface area contributed by atoms with Crippen molar-refractivity contribution in [2.45, 2.75) is 110 Å². The molecule has 2 saturated heterocycles. The zero-order valence-electron chi connectivity index (χ0n) is 34.2. The third-order valence-electron chi connectivity index (χ3n) is 11.0. The van der Waals surface area contributed by atoms with Crippen molar-refractivity contribution in [2.75, 3.05) is 40.0 Å². The third-order valence-corrected chi connectivity index (χ3v) is 15.5. The first-order chi connectivity index (χ1) is 26.2.